The number of carbonyl (C=O) groups is 1. The second-order valence-electron chi connectivity index (χ2n) is 12.1. The fraction of sp³-hybridized carbons (Fsp3) is 0.714. The summed E-state index contributed by atoms with van der Waals surface area (Å²) < 4.78 is 50.4. The highest BCUT2D eigenvalue weighted by Gasteiger charge is 2.26. The van der Waals surface area contributed by atoms with Gasteiger partial charge in [-0.15, -0.1) is 0 Å². The van der Waals surface area contributed by atoms with E-state index in [1.165, 1.54) is 89.2 Å². The number of esters is 1. The van der Waals surface area contributed by atoms with Gasteiger partial charge >= 0.3 is 5.97 Å². The number of benzene rings is 1. The molecule has 1 aromatic carbocycles. The molecule has 3 rings (SSSR count). The molecule has 0 bridgehead atoms. The highest BCUT2D eigenvalue weighted by Crippen LogP contribution is 2.19. The van der Waals surface area contributed by atoms with Crippen LogP contribution >= 0.6 is 11.3 Å². The van der Waals surface area contributed by atoms with Crippen molar-refractivity contribution in [2.45, 2.75) is 153 Å². The fourth-order valence-corrected chi connectivity index (χ4v) is 6.27. The minimum Gasteiger partial charge on any atom is -0.744 e. The first kappa shape index (κ1) is 39.3. The van der Waals surface area contributed by atoms with Crippen molar-refractivity contribution in [2.75, 3.05) is 13.2 Å². The fourth-order valence-electron chi connectivity index (χ4n) is 5.17. The number of unbranched alkanes of at least 4 members (excludes halogenated alkanes) is 14. The second-order valence-corrected chi connectivity index (χ2v) is 14.2. The van der Waals surface area contributed by atoms with Crippen LogP contribution in [0.15, 0.2) is 46.2 Å². The monoisotopic (exact) mass is 667 g/mol. The van der Waals surface area contributed by atoms with Gasteiger partial charge in [-0.3, -0.25) is 4.79 Å². The lowest BCUT2D eigenvalue weighted by atomic mass is 10.0. The normalized spacial score (nSPS) is 16.3. The van der Waals surface area contributed by atoms with E-state index in [1.807, 2.05) is 6.92 Å². The Morgan fingerprint density at radius 1 is 0.911 bits per heavy atom. The first-order valence-corrected chi connectivity index (χ1v) is 19.5. The maximum Gasteiger partial charge on any atom is 0.305 e. The third kappa shape index (κ3) is 20.1. The number of thiazole rings is 1. The van der Waals surface area contributed by atoms with E-state index < -0.39 is 10.1 Å². The van der Waals surface area contributed by atoms with E-state index in [9.17, 15) is 17.8 Å². The van der Waals surface area contributed by atoms with Crippen LogP contribution in [-0.2, 0) is 35.7 Å². The lowest BCUT2D eigenvalue weighted by Gasteiger charge is -2.12. The predicted octanol–water partition coefficient (Wildman–Crippen LogP) is 8.26. The van der Waals surface area contributed by atoms with Gasteiger partial charge in [-0.2, -0.15) is 4.57 Å². The van der Waals surface area contributed by atoms with Gasteiger partial charge in [-0.05, 0) is 44.7 Å². The van der Waals surface area contributed by atoms with Crippen molar-refractivity contribution >= 4 is 27.4 Å². The Balaban J connectivity index is 0.000000537. The molecule has 2 unspecified atom stereocenters. The van der Waals surface area contributed by atoms with Gasteiger partial charge in [0.1, 0.15) is 29.4 Å². The molecule has 10 heteroatoms. The van der Waals surface area contributed by atoms with Gasteiger partial charge in [-0.1, -0.05) is 113 Å². The van der Waals surface area contributed by atoms with Crippen LogP contribution in [0, 0.1) is 6.92 Å². The van der Waals surface area contributed by atoms with Crippen LogP contribution < -0.4 is 4.57 Å². The van der Waals surface area contributed by atoms with Crippen LogP contribution in [0.1, 0.15) is 128 Å². The van der Waals surface area contributed by atoms with E-state index in [0.717, 1.165) is 44.2 Å². The Hall–Kier alpha value is -1.85. The SMILES string of the molecule is CCCCCCCCCCCCCCCC1OCC(COC(=O)CCCCC[n+]2ccsc2)O1.Cc1ccc(S(=O)(=O)[O-])cc1. The second kappa shape index (κ2) is 24.3. The molecule has 0 N–H and O–H groups in total. The summed E-state index contributed by atoms with van der Waals surface area (Å²) in [7, 11) is -4.27. The van der Waals surface area contributed by atoms with Crippen molar-refractivity contribution in [1.82, 2.24) is 0 Å². The van der Waals surface area contributed by atoms with E-state index in [2.05, 4.69) is 28.6 Å². The molecule has 0 spiro atoms. The summed E-state index contributed by atoms with van der Waals surface area (Å²) >= 11 is 1.71. The summed E-state index contributed by atoms with van der Waals surface area (Å²) in [4.78, 5) is 11.8. The Kier molecular flexibility index (Phi) is 21.3. The van der Waals surface area contributed by atoms with Crippen molar-refractivity contribution in [3.05, 3.63) is 46.9 Å². The van der Waals surface area contributed by atoms with Crippen molar-refractivity contribution in [3.8, 4) is 0 Å². The van der Waals surface area contributed by atoms with E-state index >= 15 is 0 Å². The molecule has 0 radical (unpaired) electrons. The molecule has 1 fully saturated rings. The van der Waals surface area contributed by atoms with Crippen LogP contribution in [0.3, 0.4) is 0 Å². The largest absolute Gasteiger partial charge is 0.744 e. The van der Waals surface area contributed by atoms with Gasteiger partial charge in [-0.25, -0.2) is 8.42 Å². The zero-order chi connectivity index (χ0) is 32.6. The molecule has 0 aliphatic carbocycles. The molecule has 2 aromatic rings. The van der Waals surface area contributed by atoms with Crippen LogP contribution in [0.25, 0.3) is 0 Å². The van der Waals surface area contributed by atoms with Gasteiger partial charge in [0.2, 0.25) is 5.51 Å². The maximum absolute atomic E-state index is 12.0. The van der Waals surface area contributed by atoms with Crippen molar-refractivity contribution in [1.29, 1.82) is 0 Å². The smallest absolute Gasteiger partial charge is 0.305 e. The summed E-state index contributed by atoms with van der Waals surface area (Å²) in [6.07, 6.45) is 24.0. The third-order valence-electron chi connectivity index (χ3n) is 7.92. The third-order valence-corrected chi connectivity index (χ3v) is 9.44. The number of ether oxygens (including phenoxy) is 3. The summed E-state index contributed by atoms with van der Waals surface area (Å²) in [5.74, 6) is -0.119. The lowest BCUT2D eigenvalue weighted by molar-refractivity contribution is -0.692. The van der Waals surface area contributed by atoms with Crippen molar-refractivity contribution < 1.29 is 36.5 Å². The van der Waals surface area contributed by atoms with Gasteiger partial charge < -0.3 is 18.8 Å². The number of aryl methyl sites for hydroxylation is 2. The zero-order valence-corrected chi connectivity index (χ0v) is 29.3. The molecule has 0 saturated carbocycles. The first-order chi connectivity index (χ1) is 21.8. The number of hydrogen-bond donors (Lipinski definition) is 0. The molecular weight excluding hydrogens is 611 g/mol. The van der Waals surface area contributed by atoms with Gasteiger partial charge in [0.15, 0.2) is 12.5 Å². The number of nitrogens with zero attached hydrogens (tertiary/aromatic N) is 1. The quantitative estimate of drug-likeness (QED) is 0.0508. The van der Waals surface area contributed by atoms with E-state index in [0.29, 0.717) is 19.6 Å². The van der Waals surface area contributed by atoms with Crippen LogP contribution in [0.4, 0.5) is 0 Å². The average molecular weight is 668 g/mol. The molecular formula is C35H57NO7S2. The van der Waals surface area contributed by atoms with E-state index in [1.54, 1.807) is 23.5 Å². The Morgan fingerprint density at radius 3 is 2.09 bits per heavy atom. The molecule has 256 valence electrons. The number of hydrogen-bond acceptors (Lipinski definition) is 8. The number of aromatic nitrogens is 1. The summed E-state index contributed by atoms with van der Waals surface area (Å²) in [6, 6.07) is 5.78. The standard InChI is InChI=1S/C28H50NO4S.C7H8O3S/c1-2-3-4-5-6-7-8-9-10-11-12-13-16-19-28-32-24-26(33-28)23-31-27(30)18-15-14-17-20-29-21-22-34-25-29;1-6-2-4-7(5-3-6)11(8,9)10/h21-22,25-26,28H,2-20,23-24H2,1H3;2-5H,1H3,(H,8,9,10)/q+1;/p-1. The Bertz CT molecular complexity index is 1110. The van der Waals surface area contributed by atoms with Gasteiger partial charge in [0.05, 0.1) is 16.9 Å². The van der Waals surface area contributed by atoms with Crippen LogP contribution in [0.2, 0.25) is 0 Å². The summed E-state index contributed by atoms with van der Waals surface area (Å²) in [5.41, 5.74) is 3.04. The van der Waals surface area contributed by atoms with Gasteiger partial charge in [0, 0.05) is 12.8 Å². The topological polar surface area (TPSA) is 106 Å². The first-order valence-electron chi connectivity index (χ1n) is 17.1. The molecule has 0 amide bonds. The predicted molar refractivity (Wildman–Crippen MR) is 178 cm³/mol. The summed E-state index contributed by atoms with van der Waals surface area (Å²) in [5, 5.41) is 2.08. The highest BCUT2D eigenvalue weighted by atomic mass is 32.2. The molecule has 1 aliphatic heterocycles. The molecule has 1 aliphatic rings. The lowest BCUT2D eigenvalue weighted by Crippen LogP contribution is -2.29. The number of rotatable bonds is 23. The zero-order valence-electron chi connectivity index (χ0n) is 27.7. The molecule has 1 aromatic heterocycles. The Morgan fingerprint density at radius 2 is 1.51 bits per heavy atom. The molecule has 8 nitrogen and oxygen atoms in total. The van der Waals surface area contributed by atoms with Crippen molar-refractivity contribution in [3.63, 3.8) is 0 Å². The Labute approximate surface area is 276 Å². The maximum atomic E-state index is 12.0. The van der Waals surface area contributed by atoms with Crippen LogP contribution in [0.5, 0.6) is 0 Å². The highest BCUT2D eigenvalue weighted by molar-refractivity contribution is 7.85. The minimum atomic E-state index is -4.27. The van der Waals surface area contributed by atoms with Crippen molar-refractivity contribution in [2.24, 2.45) is 0 Å². The molecule has 1 saturated heterocycles. The van der Waals surface area contributed by atoms with E-state index in [-0.39, 0.29) is 23.3 Å². The molecule has 45 heavy (non-hydrogen) atoms. The minimum absolute atomic E-state index is 0.106. The van der Waals surface area contributed by atoms with Gasteiger partial charge in [0.25, 0.3) is 0 Å². The molecule has 2 heterocycles. The average Bonchev–Trinajstić information content (AvgIpc) is 3.71. The summed E-state index contributed by atoms with van der Waals surface area (Å²) in [6.45, 7) is 5.97. The van der Waals surface area contributed by atoms with E-state index in [4.69, 9.17) is 14.2 Å². The molecule has 2 atom stereocenters. The number of carbonyl (C=O) groups excluding carboxylic acids is 1. The van der Waals surface area contributed by atoms with Crippen LogP contribution in [-0.4, -0.2) is 44.5 Å².